The number of nitrogens with zero attached hydrogens (tertiary/aromatic N) is 1. The molecule has 0 radical (unpaired) electrons. The van der Waals surface area contributed by atoms with Gasteiger partial charge in [-0.05, 0) is 37.1 Å². The highest BCUT2D eigenvalue weighted by Gasteiger charge is 2.25. The Labute approximate surface area is 135 Å². The lowest BCUT2D eigenvalue weighted by Gasteiger charge is -2.25. The first-order valence-corrected chi connectivity index (χ1v) is 8.77. The van der Waals surface area contributed by atoms with Gasteiger partial charge in [0.05, 0.1) is 11.4 Å². The second-order valence-electron chi connectivity index (χ2n) is 5.24. The highest BCUT2D eigenvalue weighted by atomic mass is 32.2. The number of piperidine rings is 1. The maximum Gasteiger partial charge on any atom is 0.253 e. The fourth-order valence-electron chi connectivity index (χ4n) is 2.35. The first-order valence-electron chi connectivity index (χ1n) is 7.33. The molecule has 1 heterocycles. The zero-order chi connectivity index (χ0) is 16.9. The third-order valence-corrected chi connectivity index (χ3v) is 5.55. The molecule has 2 rings (SSSR count). The quantitative estimate of drug-likeness (QED) is 0.382. The molecule has 0 saturated carbocycles. The van der Waals surface area contributed by atoms with Crippen LogP contribution in [0.25, 0.3) is 0 Å². The van der Waals surface area contributed by atoms with Crippen molar-refractivity contribution in [3.8, 4) is 0 Å². The van der Waals surface area contributed by atoms with E-state index in [1.165, 1.54) is 28.6 Å². The normalized spacial score (nSPS) is 15.9. The molecule has 1 saturated heterocycles. The van der Waals surface area contributed by atoms with E-state index in [4.69, 9.17) is 5.84 Å². The number of amides is 2. The summed E-state index contributed by atoms with van der Waals surface area (Å²) in [4.78, 5) is 23.0. The molecule has 0 aliphatic carbocycles. The van der Waals surface area contributed by atoms with E-state index in [1.54, 1.807) is 0 Å². The summed E-state index contributed by atoms with van der Waals surface area (Å²) in [7, 11) is -3.51. The van der Waals surface area contributed by atoms with Crippen molar-refractivity contribution in [2.45, 2.75) is 24.2 Å². The smallest absolute Gasteiger partial charge is 0.253 e. The molecule has 1 aromatic rings. The van der Waals surface area contributed by atoms with E-state index in [0.717, 1.165) is 19.3 Å². The number of nitrogens with one attached hydrogen (secondary N) is 2. The molecule has 0 aromatic heterocycles. The van der Waals surface area contributed by atoms with E-state index in [1.807, 2.05) is 5.43 Å². The summed E-state index contributed by atoms with van der Waals surface area (Å²) in [6, 6.07) is 5.66. The predicted octanol–water partition coefficient (Wildman–Crippen LogP) is -0.419. The van der Waals surface area contributed by atoms with Crippen molar-refractivity contribution in [2.75, 3.05) is 19.6 Å². The van der Waals surface area contributed by atoms with Gasteiger partial charge in [0, 0.05) is 18.7 Å². The van der Waals surface area contributed by atoms with Crippen molar-refractivity contribution in [3.63, 3.8) is 0 Å². The second kappa shape index (κ2) is 7.53. The molecule has 1 fully saturated rings. The molecule has 0 atom stereocenters. The summed E-state index contributed by atoms with van der Waals surface area (Å²) in [6.07, 6.45) is 2.77. The van der Waals surface area contributed by atoms with Crippen molar-refractivity contribution in [2.24, 2.45) is 5.84 Å². The molecule has 2 amide bonds. The monoisotopic (exact) mass is 340 g/mol. The van der Waals surface area contributed by atoms with Gasteiger partial charge < -0.3 is 5.32 Å². The van der Waals surface area contributed by atoms with E-state index in [9.17, 15) is 18.0 Å². The Bertz CT molecular complexity index is 667. The maximum atomic E-state index is 12.5. The summed E-state index contributed by atoms with van der Waals surface area (Å²) in [5, 5.41) is 2.38. The number of benzene rings is 1. The van der Waals surface area contributed by atoms with Gasteiger partial charge >= 0.3 is 0 Å². The molecule has 0 bridgehead atoms. The second-order valence-corrected chi connectivity index (χ2v) is 7.18. The third kappa shape index (κ3) is 4.27. The summed E-state index contributed by atoms with van der Waals surface area (Å²) in [6.45, 7) is 0.806. The molecule has 9 heteroatoms. The summed E-state index contributed by atoms with van der Waals surface area (Å²) < 4.78 is 26.4. The summed E-state index contributed by atoms with van der Waals surface area (Å²) in [5.74, 6) is 3.91. The van der Waals surface area contributed by atoms with Gasteiger partial charge in [-0.25, -0.2) is 14.3 Å². The van der Waals surface area contributed by atoms with Crippen molar-refractivity contribution in [1.29, 1.82) is 0 Å². The lowest BCUT2D eigenvalue weighted by atomic mass is 10.2. The van der Waals surface area contributed by atoms with Crippen LogP contribution in [0.2, 0.25) is 0 Å². The van der Waals surface area contributed by atoms with Crippen LogP contribution in [0.3, 0.4) is 0 Å². The number of nitrogens with two attached hydrogens (primary N) is 1. The molecule has 4 N–H and O–H groups in total. The number of hydrogen-bond donors (Lipinski definition) is 3. The van der Waals surface area contributed by atoms with Crippen molar-refractivity contribution < 1.29 is 18.0 Å². The maximum absolute atomic E-state index is 12.5. The first kappa shape index (κ1) is 17.4. The van der Waals surface area contributed by atoms with Crippen molar-refractivity contribution in [3.05, 3.63) is 29.8 Å². The number of carbonyl (C=O) groups excluding carboxylic acids is 2. The van der Waals surface area contributed by atoms with E-state index < -0.39 is 21.8 Å². The van der Waals surface area contributed by atoms with Crippen molar-refractivity contribution >= 4 is 21.8 Å². The van der Waals surface area contributed by atoms with Gasteiger partial charge in [-0.2, -0.15) is 4.31 Å². The van der Waals surface area contributed by atoms with Crippen LogP contribution in [0.1, 0.15) is 29.6 Å². The Morgan fingerprint density at radius 3 is 2.26 bits per heavy atom. The highest BCUT2D eigenvalue weighted by Crippen LogP contribution is 2.20. The minimum absolute atomic E-state index is 0.163. The predicted molar refractivity (Wildman–Crippen MR) is 83.7 cm³/mol. The molecule has 23 heavy (non-hydrogen) atoms. The first-order chi connectivity index (χ1) is 10.9. The fraction of sp³-hybridized carbons (Fsp3) is 0.429. The Balaban J connectivity index is 2.06. The van der Waals surface area contributed by atoms with Gasteiger partial charge in [0.2, 0.25) is 10.0 Å². The van der Waals surface area contributed by atoms with E-state index in [-0.39, 0.29) is 17.0 Å². The van der Waals surface area contributed by atoms with Gasteiger partial charge in [-0.1, -0.05) is 6.42 Å². The van der Waals surface area contributed by atoms with Crippen LogP contribution in [-0.4, -0.2) is 44.2 Å². The molecular formula is C14H20N4O4S. The number of carbonyl (C=O) groups is 2. The summed E-state index contributed by atoms with van der Waals surface area (Å²) >= 11 is 0. The molecular weight excluding hydrogens is 320 g/mol. The molecule has 126 valence electrons. The van der Waals surface area contributed by atoms with Crippen LogP contribution < -0.4 is 16.6 Å². The molecule has 1 aliphatic heterocycles. The Kier molecular flexibility index (Phi) is 5.69. The third-order valence-electron chi connectivity index (χ3n) is 3.64. The SMILES string of the molecule is NNC(=O)CNC(=O)c1ccc(S(=O)(=O)N2CCCCC2)cc1. The minimum atomic E-state index is -3.51. The van der Waals surface area contributed by atoms with Crippen LogP contribution >= 0.6 is 0 Å². The van der Waals surface area contributed by atoms with E-state index >= 15 is 0 Å². The zero-order valence-corrected chi connectivity index (χ0v) is 13.4. The van der Waals surface area contributed by atoms with Gasteiger partial charge in [0.25, 0.3) is 11.8 Å². The largest absolute Gasteiger partial charge is 0.343 e. The van der Waals surface area contributed by atoms with E-state index in [0.29, 0.717) is 13.1 Å². The molecule has 1 aromatic carbocycles. The van der Waals surface area contributed by atoms with E-state index in [2.05, 4.69) is 5.32 Å². The van der Waals surface area contributed by atoms with Crippen LogP contribution in [-0.2, 0) is 14.8 Å². The average Bonchev–Trinajstić information content (AvgIpc) is 2.60. The standard InChI is InChI=1S/C14H20N4O4S/c15-17-13(19)10-16-14(20)11-4-6-12(7-5-11)23(21,22)18-8-2-1-3-9-18/h4-7H,1-3,8-10,15H2,(H,16,20)(H,17,19). The number of hydrazine groups is 1. The van der Waals surface area contributed by atoms with Gasteiger partial charge in [0.15, 0.2) is 0 Å². The molecule has 1 aliphatic rings. The lowest BCUT2D eigenvalue weighted by Crippen LogP contribution is -2.40. The van der Waals surface area contributed by atoms with Crippen LogP contribution in [0.5, 0.6) is 0 Å². The average molecular weight is 340 g/mol. The number of rotatable bonds is 5. The van der Waals surface area contributed by atoms with Crippen LogP contribution in [0.4, 0.5) is 0 Å². The lowest BCUT2D eigenvalue weighted by molar-refractivity contribution is -0.120. The Morgan fingerprint density at radius 1 is 1.09 bits per heavy atom. The van der Waals surface area contributed by atoms with Crippen molar-refractivity contribution in [1.82, 2.24) is 15.0 Å². The van der Waals surface area contributed by atoms with Gasteiger partial charge in [-0.3, -0.25) is 15.0 Å². The molecule has 8 nitrogen and oxygen atoms in total. The zero-order valence-electron chi connectivity index (χ0n) is 12.6. The Hall–Kier alpha value is -1.97. The Morgan fingerprint density at radius 2 is 1.70 bits per heavy atom. The summed E-state index contributed by atoms with van der Waals surface area (Å²) in [5.41, 5.74) is 2.17. The molecule has 0 spiro atoms. The van der Waals surface area contributed by atoms with Gasteiger partial charge in [-0.15, -0.1) is 0 Å². The number of hydrogen-bond acceptors (Lipinski definition) is 5. The number of sulfonamides is 1. The topological polar surface area (TPSA) is 122 Å². The van der Waals surface area contributed by atoms with Crippen LogP contribution in [0, 0.1) is 0 Å². The fourth-order valence-corrected chi connectivity index (χ4v) is 3.86. The van der Waals surface area contributed by atoms with Gasteiger partial charge in [0.1, 0.15) is 0 Å². The highest BCUT2D eigenvalue weighted by molar-refractivity contribution is 7.89. The minimum Gasteiger partial charge on any atom is -0.343 e. The molecule has 0 unspecified atom stereocenters. The van der Waals surface area contributed by atoms with Crippen LogP contribution in [0.15, 0.2) is 29.2 Å².